The molecule has 2 unspecified atom stereocenters. The van der Waals surface area contributed by atoms with Gasteiger partial charge in [0, 0.05) is 31.5 Å². The predicted octanol–water partition coefficient (Wildman–Crippen LogP) is 2.51. The van der Waals surface area contributed by atoms with E-state index in [1.165, 1.54) is 6.07 Å². The molecule has 0 aliphatic carbocycles. The molecule has 2 rings (SSSR count). The van der Waals surface area contributed by atoms with Crippen molar-refractivity contribution < 1.29 is 18.3 Å². The summed E-state index contributed by atoms with van der Waals surface area (Å²) in [6, 6.07) is 3.83. The van der Waals surface area contributed by atoms with Crippen LogP contribution in [0.3, 0.4) is 0 Å². The van der Waals surface area contributed by atoms with Gasteiger partial charge in [-0.1, -0.05) is 12.1 Å². The number of hydrogen-bond donors (Lipinski definition) is 2. The Labute approximate surface area is 141 Å². The maximum absolute atomic E-state index is 13.5. The van der Waals surface area contributed by atoms with E-state index in [-0.39, 0.29) is 17.9 Å². The van der Waals surface area contributed by atoms with Crippen LogP contribution in [-0.2, 0) is 9.53 Å². The van der Waals surface area contributed by atoms with Gasteiger partial charge >= 0.3 is 0 Å². The maximum atomic E-state index is 13.5. The smallest absolute Gasteiger partial charge is 0.220 e. The topological polar surface area (TPSA) is 50.4 Å². The third-order valence-corrected chi connectivity index (χ3v) is 4.13. The van der Waals surface area contributed by atoms with Crippen molar-refractivity contribution in [1.82, 2.24) is 10.6 Å². The van der Waals surface area contributed by atoms with Crippen LogP contribution < -0.4 is 10.6 Å². The summed E-state index contributed by atoms with van der Waals surface area (Å²) < 4.78 is 31.9. The van der Waals surface area contributed by atoms with Crippen LogP contribution in [-0.4, -0.2) is 38.3 Å². The molecule has 1 aromatic rings. The van der Waals surface area contributed by atoms with Crippen molar-refractivity contribution in [2.75, 3.05) is 26.3 Å². The van der Waals surface area contributed by atoms with Crippen molar-refractivity contribution >= 4 is 5.91 Å². The Kier molecular flexibility index (Phi) is 7.34. The van der Waals surface area contributed by atoms with E-state index >= 15 is 0 Å². The molecule has 1 aromatic carbocycles. The fraction of sp³-hybridized carbons (Fsp3) is 0.500. The van der Waals surface area contributed by atoms with Gasteiger partial charge in [0.15, 0.2) is 11.6 Å². The van der Waals surface area contributed by atoms with Crippen molar-refractivity contribution in [3.8, 4) is 0 Å². The predicted molar refractivity (Wildman–Crippen MR) is 88.8 cm³/mol. The van der Waals surface area contributed by atoms with Gasteiger partial charge in [-0.05, 0) is 37.1 Å². The molecule has 1 aliphatic heterocycles. The second-order valence-electron chi connectivity index (χ2n) is 5.91. The Hall–Kier alpha value is -1.79. The van der Waals surface area contributed by atoms with E-state index in [0.717, 1.165) is 24.6 Å². The summed E-state index contributed by atoms with van der Waals surface area (Å²) in [4.78, 5) is 12.1. The number of ether oxygens (including phenoxy) is 1. The number of benzene rings is 1. The molecule has 1 amide bonds. The number of amides is 1. The molecule has 1 fully saturated rings. The van der Waals surface area contributed by atoms with Crippen LogP contribution in [0, 0.1) is 11.6 Å². The number of hydrogen-bond acceptors (Lipinski definition) is 3. The molecule has 24 heavy (non-hydrogen) atoms. The minimum atomic E-state index is -0.854. The molecule has 0 saturated carbocycles. The van der Waals surface area contributed by atoms with E-state index in [4.69, 9.17) is 4.74 Å². The zero-order valence-electron chi connectivity index (χ0n) is 13.7. The molecule has 0 spiro atoms. The first-order chi connectivity index (χ1) is 11.6. The number of nitrogens with one attached hydrogen (secondary N) is 2. The molecule has 2 N–H and O–H groups in total. The van der Waals surface area contributed by atoms with Crippen LogP contribution in [0.1, 0.15) is 30.7 Å². The average molecular weight is 338 g/mol. The van der Waals surface area contributed by atoms with Crippen LogP contribution >= 0.6 is 0 Å². The quantitative estimate of drug-likeness (QED) is 0.566. The highest BCUT2D eigenvalue weighted by Gasteiger charge is 2.28. The van der Waals surface area contributed by atoms with E-state index in [0.29, 0.717) is 32.6 Å². The van der Waals surface area contributed by atoms with Gasteiger partial charge < -0.3 is 15.4 Å². The third kappa shape index (κ3) is 5.39. The van der Waals surface area contributed by atoms with E-state index in [1.54, 1.807) is 12.1 Å². The molecule has 4 nitrogen and oxygen atoms in total. The molecule has 0 aromatic heterocycles. The van der Waals surface area contributed by atoms with Crippen molar-refractivity contribution in [1.29, 1.82) is 0 Å². The molecular weight excluding hydrogens is 314 g/mol. The highest BCUT2D eigenvalue weighted by molar-refractivity contribution is 5.76. The van der Waals surface area contributed by atoms with Crippen molar-refractivity contribution in [3.05, 3.63) is 48.1 Å². The van der Waals surface area contributed by atoms with Crippen LogP contribution in [0.25, 0.3) is 0 Å². The normalized spacial score (nSPS) is 20.6. The zero-order chi connectivity index (χ0) is 17.4. The number of piperidine rings is 1. The van der Waals surface area contributed by atoms with Gasteiger partial charge in [0.25, 0.3) is 0 Å². The van der Waals surface area contributed by atoms with Gasteiger partial charge in [0.1, 0.15) is 0 Å². The molecular formula is C18H24F2N2O2. The lowest BCUT2D eigenvalue weighted by Gasteiger charge is -2.33. The summed E-state index contributed by atoms with van der Waals surface area (Å²) >= 11 is 0. The summed E-state index contributed by atoms with van der Waals surface area (Å²) in [6.45, 7) is 5.94. The fourth-order valence-electron chi connectivity index (χ4n) is 2.93. The van der Waals surface area contributed by atoms with Gasteiger partial charge in [0.2, 0.25) is 5.91 Å². The third-order valence-electron chi connectivity index (χ3n) is 4.13. The second-order valence-corrected chi connectivity index (χ2v) is 5.91. The molecule has 132 valence electrons. The lowest BCUT2D eigenvalue weighted by molar-refractivity contribution is -0.122. The van der Waals surface area contributed by atoms with Crippen LogP contribution in [0.15, 0.2) is 30.9 Å². The van der Waals surface area contributed by atoms with Crippen LogP contribution in [0.4, 0.5) is 8.78 Å². The standard InChI is InChI=1S/C18H24F2N2O2/c1-2-9-24-10-3-4-18(23)22-17-12-21-8-7-14(17)13-5-6-15(19)16(20)11-13/h2,5-6,11,14,17,21H,1,3-4,7-10,12H2,(H,22,23). The highest BCUT2D eigenvalue weighted by Crippen LogP contribution is 2.27. The Morgan fingerprint density at radius 1 is 1.42 bits per heavy atom. The van der Waals surface area contributed by atoms with E-state index < -0.39 is 11.6 Å². The largest absolute Gasteiger partial charge is 0.377 e. The SMILES string of the molecule is C=CCOCCCC(=O)NC1CNCCC1c1ccc(F)c(F)c1. The summed E-state index contributed by atoms with van der Waals surface area (Å²) in [5.41, 5.74) is 0.718. The maximum Gasteiger partial charge on any atom is 0.220 e. The molecule has 0 bridgehead atoms. The Morgan fingerprint density at radius 2 is 2.25 bits per heavy atom. The fourth-order valence-corrected chi connectivity index (χ4v) is 2.93. The zero-order valence-corrected chi connectivity index (χ0v) is 13.7. The Balaban J connectivity index is 1.90. The molecule has 1 saturated heterocycles. The van der Waals surface area contributed by atoms with Gasteiger partial charge in [-0.3, -0.25) is 4.79 Å². The molecule has 6 heteroatoms. The van der Waals surface area contributed by atoms with Gasteiger partial charge in [0.05, 0.1) is 6.61 Å². The summed E-state index contributed by atoms with van der Waals surface area (Å²) in [5, 5.41) is 6.23. The van der Waals surface area contributed by atoms with Crippen LogP contribution in [0.5, 0.6) is 0 Å². The van der Waals surface area contributed by atoms with E-state index in [2.05, 4.69) is 17.2 Å². The van der Waals surface area contributed by atoms with Crippen molar-refractivity contribution in [2.24, 2.45) is 0 Å². The van der Waals surface area contributed by atoms with Gasteiger partial charge in [-0.2, -0.15) is 0 Å². The summed E-state index contributed by atoms with van der Waals surface area (Å²) in [6.07, 6.45) is 3.44. The first-order valence-electron chi connectivity index (χ1n) is 8.25. The van der Waals surface area contributed by atoms with E-state index in [1.807, 2.05) is 0 Å². The number of carbonyl (C=O) groups is 1. The molecule has 2 atom stereocenters. The number of halogens is 2. The van der Waals surface area contributed by atoms with E-state index in [9.17, 15) is 13.6 Å². The molecule has 1 aliphatic rings. The van der Waals surface area contributed by atoms with Gasteiger partial charge in [-0.25, -0.2) is 8.78 Å². The monoisotopic (exact) mass is 338 g/mol. The minimum absolute atomic E-state index is 0.0256. The highest BCUT2D eigenvalue weighted by atomic mass is 19.2. The number of carbonyl (C=O) groups excluding carboxylic acids is 1. The first-order valence-corrected chi connectivity index (χ1v) is 8.25. The second kappa shape index (κ2) is 9.49. The molecule has 0 radical (unpaired) electrons. The Morgan fingerprint density at radius 3 is 3.00 bits per heavy atom. The first kappa shape index (κ1) is 18.5. The van der Waals surface area contributed by atoms with Crippen LogP contribution in [0.2, 0.25) is 0 Å². The summed E-state index contributed by atoms with van der Waals surface area (Å²) in [7, 11) is 0. The molecule has 1 heterocycles. The van der Waals surface area contributed by atoms with Gasteiger partial charge in [-0.15, -0.1) is 6.58 Å². The lowest BCUT2D eigenvalue weighted by Crippen LogP contribution is -2.50. The summed E-state index contributed by atoms with van der Waals surface area (Å²) in [5.74, 6) is -1.79. The Bertz CT molecular complexity index is 566. The average Bonchev–Trinajstić information content (AvgIpc) is 2.58. The van der Waals surface area contributed by atoms with Crippen molar-refractivity contribution in [3.63, 3.8) is 0 Å². The lowest BCUT2D eigenvalue weighted by atomic mass is 9.86. The number of rotatable bonds is 8. The van der Waals surface area contributed by atoms with Crippen molar-refractivity contribution in [2.45, 2.75) is 31.2 Å². The minimum Gasteiger partial charge on any atom is -0.377 e.